The molecule has 3 rings (SSSR count). The van der Waals surface area contributed by atoms with Crippen LogP contribution in [0.5, 0.6) is 0 Å². The maximum absolute atomic E-state index is 2.42. The molecule has 0 saturated carbocycles. The van der Waals surface area contributed by atoms with Crippen LogP contribution in [0.1, 0.15) is 30.0 Å². The van der Waals surface area contributed by atoms with Crippen molar-refractivity contribution in [2.45, 2.75) is 26.7 Å². The fraction of sp³-hybridized carbons (Fsp3) is 0.333. The summed E-state index contributed by atoms with van der Waals surface area (Å²) in [5, 5.41) is 0. The zero-order chi connectivity index (χ0) is 10.4. The van der Waals surface area contributed by atoms with Crippen LogP contribution < -0.4 is 0 Å². The summed E-state index contributed by atoms with van der Waals surface area (Å²) in [4.78, 5) is 0. The molecule has 2 aliphatic rings. The molecule has 0 heteroatoms. The lowest BCUT2D eigenvalue weighted by atomic mass is 9.81. The first-order chi connectivity index (χ1) is 7.24. The van der Waals surface area contributed by atoms with Gasteiger partial charge < -0.3 is 0 Å². The minimum Gasteiger partial charge on any atom is -0.0740 e. The van der Waals surface area contributed by atoms with Crippen molar-refractivity contribution in [2.75, 3.05) is 0 Å². The molecule has 0 aliphatic heterocycles. The van der Waals surface area contributed by atoms with E-state index in [4.69, 9.17) is 0 Å². The van der Waals surface area contributed by atoms with E-state index in [9.17, 15) is 0 Å². The molecule has 2 aliphatic carbocycles. The van der Waals surface area contributed by atoms with Crippen LogP contribution in [0.15, 0.2) is 35.9 Å². The molecule has 15 heavy (non-hydrogen) atoms. The Bertz CT molecular complexity index is 475. The van der Waals surface area contributed by atoms with E-state index in [1.54, 1.807) is 5.57 Å². The molecule has 1 aromatic carbocycles. The van der Waals surface area contributed by atoms with Gasteiger partial charge in [0.1, 0.15) is 0 Å². The summed E-state index contributed by atoms with van der Waals surface area (Å²) in [5.74, 6) is 0.694. The Morgan fingerprint density at radius 1 is 1.20 bits per heavy atom. The van der Waals surface area contributed by atoms with Gasteiger partial charge in [0.25, 0.3) is 0 Å². The van der Waals surface area contributed by atoms with Crippen LogP contribution in [0.25, 0.3) is 5.57 Å². The van der Waals surface area contributed by atoms with Crippen molar-refractivity contribution in [1.29, 1.82) is 0 Å². The first-order valence-electron chi connectivity index (χ1n) is 5.74. The molecule has 76 valence electrons. The average molecular weight is 196 g/mol. The molecule has 0 aromatic heterocycles. The van der Waals surface area contributed by atoms with Crippen LogP contribution in [0.2, 0.25) is 0 Å². The van der Waals surface area contributed by atoms with Crippen LogP contribution in [-0.4, -0.2) is 0 Å². The average Bonchev–Trinajstić information content (AvgIpc) is 2.58. The lowest BCUT2D eigenvalue weighted by Gasteiger charge is -2.23. The summed E-state index contributed by atoms with van der Waals surface area (Å²) < 4.78 is 0. The Morgan fingerprint density at radius 3 is 2.93 bits per heavy atom. The van der Waals surface area contributed by atoms with E-state index >= 15 is 0 Å². The SMILES string of the molecule is CC1=CC2CCc3ccc(C)cc3C2=C1. The van der Waals surface area contributed by atoms with Crippen LogP contribution in [0.4, 0.5) is 0 Å². The first-order valence-corrected chi connectivity index (χ1v) is 5.74. The second kappa shape index (κ2) is 3.10. The monoisotopic (exact) mass is 196 g/mol. The smallest absolute Gasteiger partial charge is 0.00329 e. The van der Waals surface area contributed by atoms with Crippen molar-refractivity contribution < 1.29 is 0 Å². The second-order valence-electron chi connectivity index (χ2n) is 4.82. The normalized spacial score (nSPS) is 22.9. The minimum absolute atomic E-state index is 0.694. The van der Waals surface area contributed by atoms with E-state index in [2.05, 4.69) is 44.2 Å². The van der Waals surface area contributed by atoms with E-state index in [0.29, 0.717) is 5.92 Å². The van der Waals surface area contributed by atoms with Gasteiger partial charge in [-0.25, -0.2) is 0 Å². The van der Waals surface area contributed by atoms with Gasteiger partial charge in [-0.1, -0.05) is 41.5 Å². The zero-order valence-corrected chi connectivity index (χ0v) is 9.38. The lowest BCUT2D eigenvalue weighted by Crippen LogP contribution is -2.09. The zero-order valence-electron chi connectivity index (χ0n) is 9.38. The molecule has 0 bridgehead atoms. The Balaban J connectivity index is 2.16. The van der Waals surface area contributed by atoms with E-state index in [0.717, 1.165) is 0 Å². The van der Waals surface area contributed by atoms with Gasteiger partial charge in [0.15, 0.2) is 0 Å². The standard InChI is InChI=1S/C15H16/c1-10-3-4-12-5-6-13-7-11(2)9-15(13)14(12)8-10/h3-4,7-9,13H,5-6H2,1-2H3. The summed E-state index contributed by atoms with van der Waals surface area (Å²) in [6.07, 6.45) is 7.31. The fourth-order valence-corrected chi connectivity index (χ4v) is 2.81. The summed E-state index contributed by atoms with van der Waals surface area (Å²) in [5.41, 5.74) is 7.40. The van der Waals surface area contributed by atoms with Crippen molar-refractivity contribution in [2.24, 2.45) is 5.92 Å². The van der Waals surface area contributed by atoms with Crippen molar-refractivity contribution >= 4 is 5.57 Å². The predicted molar refractivity (Wildman–Crippen MR) is 64.7 cm³/mol. The molecule has 0 spiro atoms. The van der Waals surface area contributed by atoms with E-state index in [1.807, 2.05) is 0 Å². The fourth-order valence-electron chi connectivity index (χ4n) is 2.81. The molecular formula is C15H16. The van der Waals surface area contributed by atoms with Gasteiger partial charge in [-0.3, -0.25) is 0 Å². The number of fused-ring (bicyclic) bond motifs is 3. The van der Waals surface area contributed by atoms with Crippen molar-refractivity contribution in [3.05, 3.63) is 52.6 Å². The van der Waals surface area contributed by atoms with Crippen molar-refractivity contribution in [3.8, 4) is 0 Å². The maximum atomic E-state index is 2.42. The molecule has 0 N–H and O–H groups in total. The van der Waals surface area contributed by atoms with Crippen LogP contribution in [0.3, 0.4) is 0 Å². The van der Waals surface area contributed by atoms with Crippen molar-refractivity contribution in [3.63, 3.8) is 0 Å². The number of aryl methyl sites for hydroxylation is 2. The Morgan fingerprint density at radius 2 is 2.07 bits per heavy atom. The van der Waals surface area contributed by atoms with Gasteiger partial charge >= 0.3 is 0 Å². The number of benzene rings is 1. The Hall–Kier alpha value is -1.30. The minimum atomic E-state index is 0.694. The molecule has 0 saturated heterocycles. The highest BCUT2D eigenvalue weighted by atomic mass is 14.3. The number of hydrogen-bond acceptors (Lipinski definition) is 0. The Kier molecular flexibility index (Phi) is 1.85. The van der Waals surface area contributed by atoms with Crippen LogP contribution in [-0.2, 0) is 6.42 Å². The van der Waals surface area contributed by atoms with E-state index in [1.165, 1.54) is 35.1 Å². The highest BCUT2D eigenvalue weighted by Crippen LogP contribution is 2.41. The number of allylic oxidation sites excluding steroid dienone is 4. The van der Waals surface area contributed by atoms with Gasteiger partial charge in [-0.2, -0.15) is 0 Å². The van der Waals surface area contributed by atoms with Crippen molar-refractivity contribution in [1.82, 2.24) is 0 Å². The molecule has 0 amide bonds. The largest absolute Gasteiger partial charge is 0.0740 e. The predicted octanol–water partition coefficient (Wildman–Crippen LogP) is 3.90. The van der Waals surface area contributed by atoms with Gasteiger partial charge in [-0.15, -0.1) is 0 Å². The van der Waals surface area contributed by atoms with Gasteiger partial charge in [-0.05, 0) is 43.4 Å². The third-order valence-electron chi connectivity index (χ3n) is 3.55. The third-order valence-corrected chi connectivity index (χ3v) is 3.55. The topological polar surface area (TPSA) is 0 Å². The lowest BCUT2D eigenvalue weighted by molar-refractivity contribution is 0.703. The summed E-state index contributed by atoms with van der Waals surface area (Å²) in [6.45, 7) is 4.39. The van der Waals surface area contributed by atoms with Crippen LogP contribution in [0, 0.1) is 12.8 Å². The van der Waals surface area contributed by atoms with Gasteiger partial charge in [0.05, 0.1) is 0 Å². The molecule has 1 aromatic rings. The number of rotatable bonds is 0. The molecule has 1 atom stereocenters. The Labute approximate surface area is 91.3 Å². The summed E-state index contributed by atoms with van der Waals surface area (Å²) >= 11 is 0. The quantitative estimate of drug-likeness (QED) is 0.590. The van der Waals surface area contributed by atoms with E-state index in [-0.39, 0.29) is 0 Å². The van der Waals surface area contributed by atoms with E-state index < -0.39 is 0 Å². The highest BCUT2D eigenvalue weighted by molar-refractivity contribution is 5.78. The molecule has 0 fully saturated rings. The van der Waals surface area contributed by atoms with Gasteiger partial charge in [0.2, 0.25) is 0 Å². The highest BCUT2D eigenvalue weighted by Gasteiger charge is 2.25. The molecule has 1 unspecified atom stereocenters. The second-order valence-corrected chi connectivity index (χ2v) is 4.82. The molecule has 0 heterocycles. The molecule has 0 nitrogen and oxygen atoms in total. The first kappa shape index (κ1) is 8.96. The van der Waals surface area contributed by atoms with Crippen LogP contribution >= 0.6 is 0 Å². The third kappa shape index (κ3) is 1.36. The number of hydrogen-bond donors (Lipinski definition) is 0. The maximum Gasteiger partial charge on any atom is 0.00329 e. The molecular weight excluding hydrogens is 180 g/mol. The summed E-state index contributed by atoms with van der Waals surface area (Å²) in [7, 11) is 0. The van der Waals surface area contributed by atoms with Gasteiger partial charge in [0, 0.05) is 5.92 Å². The molecule has 0 radical (unpaired) electrons. The summed E-state index contributed by atoms with van der Waals surface area (Å²) in [6, 6.07) is 6.88.